The van der Waals surface area contributed by atoms with Gasteiger partial charge in [-0.05, 0) is 24.3 Å². The molecule has 142 valence electrons. The van der Waals surface area contributed by atoms with Gasteiger partial charge >= 0.3 is 0 Å². The molecule has 0 aliphatic carbocycles. The van der Waals surface area contributed by atoms with Crippen molar-refractivity contribution in [2.24, 2.45) is 0 Å². The fourth-order valence-corrected chi connectivity index (χ4v) is 3.60. The highest BCUT2D eigenvalue weighted by molar-refractivity contribution is 7.99. The van der Waals surface area contributed by atoms with E-state index < -0.39 is 0 Å². The van der Waals surface area contributed by atoms with Gasteiger partial charge in [0, 0.05) is 23.7 Å². The molecule has 0 spiro atoms. The van der Waals surface area contributed by atoms with Crippen molar-refractivity contribution in [1.29, 1.82) is 0 Å². The lowest BCUT2D eigenvalue weighted by Crippen LogP contribution is -3.00. The molecular weight excluding hydrogens is 374 g/mol. The monoisotopic (exact) mass is 396 g/mol. The smallest absolute Gasteiger partial charge is 0.203 e. The highest BCUT2D eigenvalue weighted by Crippen LogP contribution is 2.36. The lowest BCUT2D eigenvalue weighted by molar-refractivity contribution is -0.00000688. The van der Waals surface area contributed by atoms with Gasteiger partial charge in [-0.1, -0.05) is 18.2 Å². The molecule has 0 saturated carbocycles. The summed E-state index contributed by atoms with van der Waals surface area (Å²) in [5.74, 6) is 3.89. The van der Waals surface area contributed by atoms with Crippen LogP contribution in [0.15, 0.2) is 47.4 Å². The van der Waals surface area contributed by atoms with Gasteiger partial charge in [0.25, 0.3) is 0 Å². The molecule has 1 unspecified atom stereocenters. The van der Waals surface area contributed by atoms with Gasteiger partial charge in [0.1, 0.15) is 18.5 Å². The van der Waals surface area contributed by atoms with Crippen molar-refractivity contribution in [2.75, 3.05) is 39.7 Å². The third-order valence-electron chi connectivity index (χ3n) is 3.85. The Labute approximate surface area is 164 Å². The number of halogens is 1. The van der Waals surface area contributed by atoms with Crippen LogP contribution in [-0.4, -0.2) is 45.8 Å². The molecule has 1 atom stereocenters. The molecule has 0 amide bonds. The number of nitrogens with one attached hydrogen (secondary N) is 1. The fraction of sp³-hybridized carbons (Fsp3) is 0.368. The summed E-state index contributed by atoms with van der Waals surface area (Å²) in [6.45, 7) is 2.02. The minimum Gasteiger partial charge on any atom is -1.00 e. The van der Waals surface area contributed by atoms with E-state index in [0.717, 1.165) is 18.0 Å². The van der Waals surface area contributed by atoms with Gasteiger partial charge in [0.2, 0.25) is 5.75 Å². The summed E-state index contributed by atoms with van der Waals surface area (Å²) in [5, 5.41) is 3.39. The van der Waals surface area contributed by atoms with Crippen molar-refractivity contribution in [1.82, 2.24) is 5.32 Å². The molecule has 0 aromatic heterocycles. The van der Waals surface area contributed by atoms with Crippen LogP contribution >= 0.6 is 11.8 Å². The molecule has 0 radical (unpaired) electrons. The van der Waals surface area contributed by atoms with E-state index in [4.69, 9.17) is 18.9 Å². The Morgan fingerprint density at radius 1 is 1.08 bits per heavy atom. The molecule has 2 aromatic carbocycles. The Morgan fingerprint density at radius 3 is 2.54 bits per heavy atom. The molecule has 7 heteroatoms. The Balaban J connectivity index is 0.00000243. The number of hydrogen-bond donors (Lipinski definition) is 1. The first-order valence-corrected chi connectivity index (χ1v) is 9.23. The van der Waals surface area contributed by atoms with Crippen LogP contribution in [0.25, 0.3) is 0 Å². The van der Waals surface area contributed by atoms with E-state index in [1.54, 1.807) is 14.2 Å². The average molecular weight is 397 g/mol. The van der Waals surface area contributed by atoms with Crippen LogP contribution in [0.2, 0.25) is 0 Å². The highest BCUT2D eigenvalue weighted by Gasteiger charge is 2.19. The maximum atomic E-state index is 6.01. The van der Waals surface area contributed by atoms with Crippen LogP contribution in [-0.2, 0) is 0 Å². The van der Waals surface area contributed by atoms with Crippen LogP contribution < -0.4 is 36.7 Å². The standard InChI is InChI=1S/C19H23NO4S.ClH/c1-21-16-7-5-8-17(22-2)19(16)23-11-10-20-12-14-13-25-18-9-4-3-6-15(18)24-14;/h3-9,14,20H,10-13H2,1-2H3;1H/p-1. The number of hydrogen-bond acceptors (Lipinski definition) is 6. The van der Waals surface area contributed by atoms with Gasteiger partial charge in [-0.25, -0.2) is 0 Å². The second kappa shape index (κ2) is 10.4. The van der Waals surface area contributed by atoms with Crippen molar-refractivity contribution < 1.29 is 31.4 Å². The molecule has 0 bridgehead atoms. The average Bonchev–Trinajstić information content (AvgIpc) is 2.67. The number of thioether (sulfide) groups is 1. The minimum atomic E-state index is 0. The normalized spacial score (nSPS) is 15.2. The maximum Gasteiger partial charge on any atom is 0.203 e. The van der Waals surface area contributed by atoms with Crippen molar-refractivity contribution in [2.45, 2.75) is 11.0 Å². The molecule has 1 N–H and O–H groups in total. The van der Waals surface area contributed by atoms with Gasteiger partial charge in [-0.2, -0.15) is 0 Å². The Morgan fingerprint density at radius 2 is 1.81 bits per heavy atom. The van der Waals surface area contributed by atoms with E-state index in [-0.39, 0.29) is 18.5 Å². The van der Waals surface area contributed by atoms with E-state index in [1.807, 2.05) is 48.2 Å². The van der Waals surface area contributed by atoms with Crippen LogP contribution in [0.1, 0.15) is 0 Å². The Hall–Kier alpha value is -1.76. The summed E-state index contributed by atoms with van der Waals surface area (Å²) in [5.41, 5.74) is 0. The summed E-state index contributed by atoms with van der Waals surface area (Å²) in [6.07, 6.45) is 0.167. The fourth-order valence-electron chi connectivity index (χ4n) is 2.61. The van der Waals surface area contributed by atoms with E-state index in [0.29, 0.717) is 30.4 Å². The largest absolute Gasteiger partial charge is 1.00 e. The van der Waals surface area contributed by atoms with Crippen molar-refractivity contribution in [3.63, 3.8) is 0 Å². The van der Waals surface area contributed by atoms with Gasteiger partial charge < -0.3 is 36.7 Å². The summed E-state index contributed by atoms with van der Waals surface area (Å²) in [4.78, 5) is 1.21. The zero-order valence-electron chi connectivity index (χ0n) is 14.9. The van der Waals surface area contributed by atoms with Crippen molar-refractivity contribution in [3.05, 3.63) is 42.5 Å². The lowest BCUT2D eigenvalue weighted by atomic mass is 10.3. The number of para-hydroxylation sites is 2. The third-order valence-corrected chi connectivity index (χ3v) is 5.03. The predicted molar refractivity (Wildman–Crippen MR) is 99.5 cm³/mol. The maximum absolute atomic E-state index is 6.01. The number of rotatable bonds is 8. The molecule has 1 aliphatic rings. The summed E-state index contributed by atoms with van der Waals surface area (Å²) >= 11 is 1.84. The first kappa shape index (κ1) is 20.6. The summed E-state index contributed by atoms with van der Waals surface area (Å²) < 4.78 is 22.5. The highest BCUT2D eigenvalue weighted by atomic mass is 35.5. The number of benzene rings is 2. The zero-order valence-corrected chi connectivity index (χ0v) is 16.4. The predicted octanol–water partition coefficient (Wildman–Crippen LogP) is 0.230. The lowest BCUT2D eigenvalue weighted by Gasteiger charge is -2.25. The van der Waals surface area contributed by atoms with Crippen molar-refractivity contribution in [3.8, 4) is 23.0 Å². The Bertz CT molecular complexity index is 679. The molecule has 3 rings (SSSR count). The summed E-state index contributed by atoms with van der Waals surface area (Å²) in [6, 6.07) is 13.7. The van der Waals surface area contributed by atoms with E-state index in [9.17, 15) is 0 Å². The molecule has 0 saturated heterocycles. The SMILES string of the molecule is COc1cccc(OC)c1OCCNCC1CSc2ccccc2O1.[Cl-]. The molecule has 0 fully saturated rings. The zero-order chi connectivity index (χ0) is 17.5. The topological polar surface area (TPSA) is 49.0 Å². The van der Waals surface area contributed by atoms with E-state index in [1.165, 1.54) is 4.90 Å². The molecule has 5 nitrogen and oxygen atoms in total. The van der Waals surface area contributed by atoms with Gasteiger partial charge in [0.05, 0.1) is 14.2 Å². The number of ether oxygens (including phenoxy) is 4. The van der Waals surface area contributed by atoms with Crippen molar-refractivity contribution >= 4 is 11.8 Å². The third kappa shape index (κ3) is 5.13. The van der Waals surface area contributed by atoms with Crippen LogP contribution in [0.5, 0.6) is 23.0 Å². The minimum absolute atomic E-state index is 0. The van der Waals surface area contributed by atoms with Crippen LogP contribution in [0, 0.1) is 0 Å². The second-order valence-electron chi connectivity index (χ2n) is 5.54. The second-order valence-corrected chi connectivity index (χ2v) is 6.60. The molecule has 1 heterocycles. The van der Waals surface area contributed by atoms with E-state index >= 15 is 0 Å². The number of methoxy groups -OCH3 is 2. The van der Waals surface area contributed by atoms with Gasteiger partial charge in [-0.3, -0.25) is 0 Å². The van der Waals surface area contributed by atoms with Crippen LogP contribution in [0.4, 0.5) is 0 Å². The molecule has 1 aliphatic heterocycles. The van der Waals surface area contributed by atoms with Gasteiger partial charge in [-0.15, -0.1) is 11.8 Å². The molecular formula is C19H23ClNO4S-. The first-order chi connectivity index (χ1) is 12.3. The van der Waals surface area contributed by atoms with Crippen LogP contribution in [0.3, 0.4) is 0 Å². The molecule has 26 heavy (non-hydrogen) atoms. The van der Waals surface area contributed by atoms with E-state index in [2.05, 4.69) is 11.4 Å². The molecule has 2 aromatic rings. The Kier molecular flexibility index (Phi) is 8.22. The van der Waals surface area contributed by atoms with Gasteiger partial charge in [0.15, 0.2) is 11.5 Å². The first-order valence-electron chi connectivity index (χ1n) is 8.25. The number of fused-ring (bicyclic) bond motifs is 1. The summed E-state index contributed by atoms with van der Waals surface area (Å²) in [7, 11) is 3.24. The quantitative estimate of drug-likeness (QED) is 0.645.